The molecule has 17 heavy (non-hydrogen) atoms. The molecular formula is C13H14FNO2. The molecule has 1 heterocycles. The Bertz CT molecular complexity index is 482. The summed E-state index contributed by atoms with van der Waals surface area (Å²) in [6, 6.07) is 6.12. The van der Waals surface area contributed by atoms with Crippen molar-refractivity contribution in [3.05, 3.63) is 53.7 Å². The molecule has 1 aromatic heterocycles. The zero-order chi connectivity index (χ0) is 12.3. The number of methoxy groups -OCH3 is 1. The van der Waals surface area contributed by atoms with Crippen LogP contribution in [-0.4, -0.2) is 7.11 Å². The van der Waals surface area contributed by atoms with E-state index in [0.29, 0.717) is 17.7 Å². The highest BCUT2D eigenvalue weighted by Gasteiger charge is 2.13. The minimum atomic E-state index is -0.390. The summed E-state index contributed by atoms with van der Waals surface area (Å²) in [4.78, 5) is 0. The highest BCUT2D eigenvalue weighted by molar-refractivity contribution is 5.31. The highest BCUT2D eigenvalue weighted by Crippen LogP contribution is 2.23. The smallest absolute Gasteiger partial charge is 0.131 e. The molecule has 3 nitrogen and oxygen atoms in total. The summed E-state index contributed by atoms with van der Waals surface area (Å²) >= 11 is 0. The lowest BCUT2D eigenvalue weighted by atomic mass is 10.0. The van der Waals surface area contributed by atoms with Crippen LogP contribution in [0.25, 0.3) is 0 Å². The van der Waals surface area contributed by atoms with Gasteiger partial charge >= 0.3 is 0 Å². The molecule has 2 N–H and O–H groups in total. The molecule has 0 aliphatic heterocycles. The first kappa shape index (κ1) is 11.7. The first-order chi connectivity index (χ1) is 8.20. The fraction of sp³-hybridized carbons (Fsp3) is 0.231. The Morgan fingerprint density at radius 1 is 1.41 bits per heavy atom. The van der Waals surface area contributed by atoms with Gasteiger partial charge in [-0.3, -0.25) is 0 Å². The zero-order valence-corrected chi connectivity index (χ0v) is 9.52. The van der Waals surface area contributed by atoms with Gasteiger partial charge in [-0.15, -0.1) is 0 Å². The molecule has 4 heteroatoms. The van der Waals surface area contributed by atoms with Crippen LogP contribution in [0, 0.1) is 5.82 Å². The van der Waals surface area contributed by atoms with Crippen LogP contribution >= 0.6 is 0 Å². The summed E-state index contributed by atoms with van der Waals surface area (Å²) in [5, 5.41) is 0. The van der Waals surface area contributed by atoms with E-state index in [2.05, 4.69) is 0 Å². The van der Waals surface area contributed by atoms with Gasteiger partial charge in [-0.05, 0) is 24.1 Å². The third-order valence-electron chi connectivity index (χ3n) is 2.64. The van der Waals surface area contributed by atoms with Crippen molar-refractivity contribution in [2.75, 3.05) is 7.11 Å². The summed E-state index contributed by atoms with van der Waals surface area (Å²) in [6.45, 7) is 0. The summed E-state index contributed by atoms with van der Waals surface area (Å²) < 4.78 is 23.6. The first-order valence-corrected chi connectivity index (χ1v) is 5.31. The van der Waals surface area contributed by atoms with Crippen LogP contribution in [0.4, 0.5) is 4.39 Å². The van der Waals surface area contributed by atoms with Crippen molar-refractivity contribution in [2.24, 2.45) is 5.73 Å². The van der Waals surface area contributed by atoms with Gasteiger partial charge in [0, 0.05) is 17.7 Å². The summed E-state index contributed by atoms with van der Waals surface area (Å²) in [6.07, 6.45) is 3.73. The molecular weight excluding hydrogens is 221 g/mol. The number of ether oxygens (including phenoxy) is 1. The average Bonchev–Trinajstić information content (AvgIpc) is 2.81. The number of nitrogens with two attached hydrogens (primary N) is 1. The first-order valence-electron chi connectivity index (χ1n) is 5.31. The minimum Gasteiger partial charge on any atom is -0.497 e. The molecule has 0 aliphatic rings. The van der Waals surface area contributed by atoms with Gasteiger partial charge in [0.2, 0.25) is 0 Å². The van der Waals surface area contributed by atoms with Crippen LogP contribution in [0.3, 0.4) is 0 Å². The predicted octanol–water partition coefficient (Wildman–Crippen LogP) is 2.67. The number of hydrogen-bond donors (Lipinski definition) is 1. The molecule has 1 atom stereocenters. The molecule has 0 saturated carbocycles. The fourth-order valence-corrected chi connectivity index (χ4v) is 1.71. The van der Waals surface area contributed by atoms with Gasteiger partial charge in [0.15, 0.2) is 0 Å². The van der Waals surface area contributed by atoms with Crippen molar-refractivity contribution in [1.82, 2.24) is 0 Å². The molecule has 0 radical (unpaired) electrons. The maximum atomic E-state index is 13.7. The van der Waals surface area contributed by atoms with Gasteiger partial charge in [0.1, 0.15) is 11.6 Å². The lowest BCUT2D eigenvalue weighted by Crippen LogP contribution is -2.14. The Morgan fingerprint density at radius 2 is 2.24 bits per heavy atom. The van der Waals surface area contributed by atoms with E-state index < -0.39 is 6.04 Å². The Labute approximate surface area is 99.0 Å². The Hall–Kier alpha value is -1.81. The molecule has 0 aliphatic carbocycles. The lowest BCUT2D eigenvalue weighted by molar-refractivity contribution is 0.410. The Morgan fingerprint density at radius 3 is 2.82 bits per heavy atom. The van der Waals surface area contributed by atoms with Crippen LogP contribution < -0.4 is 10.5 Å². The number of benzene rings is 1. The monoisotopic (exact) mass is 235 g/mol. The summed E-state index contributed by atoms with van der Waals surface area (Å²) in [7, 11) is 1.50. The second kappa shape index (κ2) is 5.01. The van der Waals surface area contributed by atoms with Gasteiger partial charge in [-0.1, -0.05) is 6.07 Å². The second-order valence-electron chi connectivity index (χ2n) is 3.83. The molecule has 0 fully saturated rings. The molecule has 0 saturated heterocycles. The van der Waals surface area contributed by atoms with Gasteiger partial charge < -0.3 is 14.9 Å². The normalized spacial score (nSPS) is 12.4. The van der Waals surface area contributed by atoms with Crippen molar-refractivity contribution >= 4 is 0 Å². The maximum absolute atomic E-state index is 13.7. The van der Waals surface area contributed by atoms with Gasteiger partial charge in [0.25, 0.3) is 0 Å². The van der Waals surface area contributed by atoms with E-state index in [1.807, 2.05) is 6.07 Å². The van der Waals surface area contributed by atoms with Gasteiger partial charge in [-0.25, -0.2) is 4.39 Å². The molecule has 0 amide bonds. The maximum Gasteiger partial charge on any atom is 0.131 e. The van der Waals surface area contributed by atoms with Crippen molar-refractivity contribution in [1.29, 1.82) is 0 Å². The van der Waals surface area contributed by atoms with Crippen LogP contribution in [0.5, 0.6) is 5.75 Å². The van der Waals surface area contributed by atoms with E-state index in [9.17, 15) is 4.39 Å². The molecule has 2 rings (SSSR count). The molecule has 0 bridgehead atoms. The molecule has 1 unspecified atom stereocenters. The quantitative estimate of drug-likeness (QED) is 0.886. The highest BCUT2D eigenvalue weighted by atomic mass is 19.1. The van der Waals surface area contributed by atoms with Gasteiger partial charge in [0.05, 0.1) is 19.6 Å². The predicted molar refractivity (Wildman–Crippen MR) is 62.3 cm³/mol. The minimum absolute atomic E-state index is 0.347. The zero-order valence-electron chi connectivity index (χ0n) is 9.52. The third kappa shape index (κ3) is 2.65. The Balaban J connectivity index is 2.16. The summed E-state index contributed by atoms with van der Waals surface area (Å²) in [5.41, 5.74) is 7.39. The lowest BCUT2D eigenvalue weighted by Gasteiger charge is -2.12. The van der Waals surface area contributed by atoms with Crippen molar-refractivity contribution in [3.63, 3.8) is 0 Å². The van der Waals surface area contributed by atoms with Crippen LogP contribution in [0.1, 0.15) is 17.2 Å². The van der Waals surface area contributed by atoms with Crippen LogP contribution in [-0.2, 0) is 6.42 Å². The number of rotatable bonds is 4. The van der Waals surface area contributed by atoms with E-state index in [1.165, 1.54) is 13.2 Å². The third-order valence-corrected chi connectivity index (χ3v) is 2.64. The standard InChI is InChI=1S/C13H14FNO2/c1-16-10-2-3-11(12(14)7-10)13(15)6-9-4-5-17-8-9/h2-5,7-8,13H,6,15H2,1H3. The van der Waals surface area contributed by atoms with E-state index >= 15 is 0 Å². The van der Waals surface area contributed by atoms with Crippen molar-refractivity contribution < 1.29 is 13.5 Å². The van der Waals surface area contributed by atoms with Crippen molar-refractivity contribution in [2.45, 2.75) is 12.5 Å². The van der Waals surface area contributed by atoms with E-state index in [-0.39, 0.29) is 5.82 Å². The van der Waals surface area contributed by atoms with Crippen LogP contribution in [0.2, 0.25) is 0 Å². The fourth-order valence-electron chi connectivity index (χ4n) is 1.71. The summed E-state index contributed by atoms with van der Waals surface area (Å²) in [5.74, 6) is 0.141. The molecule has 2 aromatic rings. The number of halogens is 1. The molecule has 90 valence electrons. The van der Waals surface area contributed by atoms with E-state index in [0.717, 1.165) is 5.56 Å². The topological polar surface area (TPSA) is 48.4 Å². The SMILES string of the molecule is COc1ccc(C(N)Cc2ccoc2)c(F)c1. The number of hydrogen-bond acceptors (Lipinski definition) is 3. The Kier molecular flexibility index (Phi) is 3.44. The van der Waals surface area contributed by atoms with Crippen molar-refractivity contribution in [3.8, 4) is 5.75 Å². The second-order valence-corrected chi connectivity index (χ2v) is 3.83. The molecule has 1 aromatic carbocycles. The van der Waals surface area contributed by atoms with Gasteiger partial charge in [-0.2, -0.15) is 0 Å². The van der Waals surface area contributed by atoms with E-state index in [4.69, 9.17) is 14.9 Å². The van der Waals surface area contributed by atoms with E-state index in [1.54, 1.807) is 24.7 Å². The number of furan rings is 1. The molecule has 0 spiro atoms. The van der Waals surface area contributed by atoms with Crippen LogP contribution in [0.15, 0.2) is 41.2 Å². The average molecular weight is 235 g/mol. The largest absolute Gasteiger partial charge is 0.497 e.